The molecule has 19 heavy (non-hydrogen) atoms. The Hall–Kier alpha value is -2.31. The van der Waals surface area contributed by atoms with E-state index >= 15 is 0 Å². The molecule has 0 unspecified atom stereocenters. The smallest absolute Gasteiger partial charge is 0.202 e. The first-order chi connectivity index (χ1) is 9.11. The predicted octanol–water partition coefficient (Wildman–Crippen LogP) is 0.925. The van der Waals surface area contributed by atoms with Crippen molar-refractivity contribution in [3.05, 3.63) is 23.9 Å². The van der Waals surface area contributed by atoms with Gasteiger partial charge in [0, 0.05) is 26.0 Å². The van der Waals surface area contributed by atoms with Crippen LogP contribution < -0.4 is 5.73 Å². The van der Waals surface area contributed by atoms with Crippen molar-refractivity contribution in [2.45, 2.75) is 26.9 Å². The number of nitrogens with two attached hydrogens (primary N) is 1. The lowest BCUT2D eigenvalue weighted by atomic mass is 10.4. The first-order valence-electron chi connectivity index (χ1n) is 6.27. The van der Waals surface area contributed by atoms with Gasteiger partial charge in [0.2, 0.25) is 5.95 Å². The monoisotopic (exact) mass is 259 g/mol. The Balaban J connectivity index is 2.17. The van der Waals surface area contributed by atoms with Crippen LogP contribution in [0.25, 0.3) is 11.2 Å². The van der Waals surface area contributed by atoms with Crippen LogP contribution >= 0.6 is 0 Å². The third-order valence-corrected chi connectivity index (χ3v) is 3.35. The fourth-order valence-corrected chi connectivity index (χ4v) is 2.31. The first kappa shape index (κ1) is 11.8. The summed E-state index contributed by atoms with van der Waals surface area (Å²) >= 11 is 0. The number of nitrogens with zero attached hydrogens (tertiary/aromatic N) is 6. The van der Waals surface area contributed by atoms with Crippen LogP contribution in [0.2, 0.25) is 0 Å². The van der Waals surface area contributed by atoms with Gasteiger partial charge in [-0.2, -0.15) is 5.10 Å². The van der Waals surface area contributed by atoms with Gasteiger partial charge in [0.15, 0.2) is 5.65 Å². The van der Waals surface area contributed by atoms with Gasteiger partial charge in [0.1, 0.15) is 11.3 Å². The van der Waals surface area contributed by atoms with E-state index in [1.165, 1.54) is 0 Å². The largest absolute Gasteiger partial charge is 0.369 e. The summed E-state index contributed by atoms with van der Waals surface area (Å²) in [6, 6.07) is 0. The van der Waals surface area contributed by atoms with Gasteiger partial charge in [-0.3, -0.25) is 4.57 Å². The van der Waals surface area contributed by atoms with E-state index in [1.54, 1.807) is 6.20 Å². The highest BCUT2D eigenvalue weighted by atomic mass is 15.4. The molecule has 7 heteroatoms. The summed E-state index contributed by atoms with van der Waals surface area (Å²) in [6.07, 6.45) is 3.70. The molecule has 7 nitrogen and oxygen atoms in total. The average Bonchev–Trinajstić information content (AvgIpc) is 3.01. The second-order valence-electron chi connectivity index (χ2n) is 4.58. The van der Waals surface area contributed by atoms with Gasteiger partial charge < -0.3 is 10.3 Å². The Labute approximate surface area is 110 Å². The zero-order chi connectivity index (χ0) is 13.6. The van der Waals surface area contributed by atoms with Crippen LogP contribution in [-0.2, 0) is 20.1 Å². The van der Waals surface area contributed by atoms with Crippen molar-refractivity contribution in [3.8, 4) is 0 Å². The molecule has 100 valence electrons. The molecular weight excluding hydrogens is 242 g/mol. The summed E-state index contributed by atoms with van der Waals surface area (Å²) < 4.78 is 5.86. The highest BCUT2D eigenvalue weighted by molar-refractivity contribution is 5.77. The zero-order valence-corrected chi connectivity index (χ0v) is 11.3. The van der Waals surface area contributed by atoms with Crippen molar-refractivity contribution in [2.24, 2.45) is 7.05 Å². The van der Waals surface area contributed by atoms with Crippen molar-refractivity contribution >= 4 is 17.1 Å². The Kier molecular flexibility index (Phi) is 2.55. The molecule has 0 aliphatic rings. The zero-order valence-electron chi connectivity index (χ0n) is 11.3. The van der Waals surface area contributed by atoms with Gasteiger partial charge in [-0.1, -0.05) is 0 Å². The number of rotatable bonds is 3. The summed E-state index contributed by atoms with van der Waals surface area (Å²) in [5.74, 6) is 1.44. The Morgan fingerprint density at radius 2 is 2.16 bits per heavy atom. The molecule has 3 aromatic heterocycles. The van der Waals surface area contributed by atoms with E-state index in [0.29, 0.717) is 12.5 Å². The summed E-state index contributed by atoms with van der Waals surface area (Å²) in [7, 11) is 1.97. The van der Waals surface area contributed by atoms with Crippen LogP contribution in [0.4, 0.5) is 5.95 Å². The first-order valence-corrected chi connectivity index (χ1v) is 6.27. The minimum Gasteiger partial charge on any atom is -0.369 e. The molecule has 0 radical (unpaired) electrons. The van der Waals surface area contributed by atoms with Crippen LogP contribution in [0.1, 0.15) is 18.4 Å². The van der Waals surface area contributed by atoms with E-state index in [9.17, 15) is 0 Å². The molecule has 0 amide bonds. The number of anilines is 1. The lowest BCUT2D eigenvalue weighted by molar-refractivity contribution is 0.636. The van der Waals surface area contributed by atoms with Crippen molar-refractivity contribution in [1.29, 1.82) is 0 Å². The lowest BCUT2D eigenvalue weighted by Gasteiger charge is -2.07. The van der Waals surface area contributed by atoms with Crippen LogP contribution in [0.5, 0.6) is 0 Å². The third kappa shape index (κ3) is 1.69. The van der Waals surface area contributed by atoms with Crippen LogP contribution in [-0.4, -0.2) is 28.9 Å². The average molecular weight is 259 g/mol. The van der Waals surface area contributed by atoms with Gasteiger partial charge in [-0.25, -0.2) is 14.6 Å². The number of hydrogen-bond acceptors (Lipinski definition) is 4. The SMILES string of the molecule is CCn1nc(C)c2nc(N)n(Cc3nccn3C)c21. The van der Waals surface area contributed by atoms with E-state index in [2.05, 4.69) is 22.0 Å². The fraction of sp³-hybridized carbons (Fsp3) is 0.417. The summed E-state index contributed by atoms with van der Waals surface area (Å²) in [4.78, 5) is 8.74. The predicted molar refractivity (Wildman–Crippen MR) is 72.7 cm³/mol. The van der Waals surface area contributed by atoms with E-state index in [4.69, 9.17) is 5.73 Å². The molecule has 3 heterocycles. The number of aryl methyl sites for hydroxylation is 3. The number of imidazole rings is 2. The Morgan fingerprint density at radius 3 is 2.79 bits per heavy atom. The minimum atomic E-state index is 0.501. The number of hydrogen-bond donors (Lipinski definition) is 1. The van der Waals surface area contributed by atoms with Crippen molar-refractivity contribution in [3.63, 3.8) is 0 Å². The standard InChI is InChI=1S/C12H17N7/c1-4-19-11-10(8(2)16-19)15-12(13)18(11)7-9-14-5-6-17(9)3/h5-6H,4,7H2,1-3H3,(H2,13,15). The van der Waals surface area contributed by atoms with Crippen LogP contribution in [0, 0.1) is 6.92 Å². The van der Waals surface area contributed by atoms with Gasteiger partial charge in [0.25, 0.3) is 0 Å². The number of nitrogen functional groups attached to an aromatic ring is 1. The lowest BCUT2D eigenvalue weighted by Crippen LogP contribution is -2.11. The molecule has 0 fully saturated rings. The normalized spacial score (nSPS) is 11.5. The van der Waals surface area contributed by atoms with Crippen LogP contribution in [0.3, 0.4) is 0 Å². The van der Waals surface area contributed by atoms with Gasteiger partial charge >= 0.3 is 0 Å². The molecule has 0 saturated carbocycles. The molecule has 0 aromatic carbocycles. The summed E-state index contributed by atoms with van der Waals surface area (Å²) in [6.45, 7) is 5.39. The minimum absolute atomic E-state index is 0.501. The maximum absolute atomic E-state index is 6.03. The fourth-order valence-electron chi connectivity index (χ4n) is 2.31. The molecule has 0 saturated heterocycles. The second-order valence-corrected chi connectivity index (χ2v) is 4.58. The topological polar surface area (TPSA) is 79.5 Å². The quantitative estimate of drug-likeness (QED) is 0.758. The third-order valence-electron chi connectivity index (χ3n) is 3.35. The summed E-state index contributed by atoms with van der Waals surface area (Å²) in [5, 5.41) is 4.47. The van der Waals surface area contributed by atoms with Crippen LogP contribution in [0.15, 0.2) is 12.4 Å². The molecule has 0 atom stereocenters. The molecule has 3 rings (SSSR count). The van der Waals surface area contributed by atoms with E-state index in [0.717, 1.165) is 29.2 Å². The van der Waals surface area contributed by atoms with Gasteiger partial charge in [-0.15, -0.1) is 0 Å². The maximum Gasteiger partial charge on any atom is 0.202 e. The number of aromatic nitrogens is 6. The molecule has 3 aromatic rings. The van der Waals surface area contributed by atoms with E-state index < -0.39 is 0 Å². The Bertz CT molecular complexity index is 731. The van der Waals surface area contributed by atoms with E-state index in [-0.39, 0.29) is 0 Å². The maximum atomic E-state index is 6.03. The van der Waals surface area contributed by atoms with Gasteiger partial charge in [-0.05, 0) is 13.8 Å². The Morgan fingerprint density at radius 1 is 1.37 bits per heavy atom. The van der Waals surface area contributed by atoms with E-state index in [1.807, 2.05) is 34.0 Å². The molecular formula is C12H17N7. The highest BCUT2D eigenvalue weighted by Crippen LogP contribution is 2.21. The van der Waals surface area contributed by atoms with Crippen molar-refractivity contribution in [2.75, 3.05) is 5.73 Å². The number of fused-ring (bicyclic) bond motifs is 1. The molecule has 0 aliphatic heterocycles. The molecule has 0 bridgehead atoms. The highest BCUT2D eigenvalue weighted by Gasteiger charge is 2.17. The molecule has 0 aliphatic carbocycles. The van der Waals surface area contributed by atoms with Crippen molar-refractivity contribution < 1.29 is 0 Å². The second kappa shape index (κ2) is 4.11. The molecule has 2 N–H and O–H groups in total. The van der Waals surface area contributed by atoms with Crippen molar-refractivity contribution in [1.82, 2.24) is 28.9 Å². The van der Waals surface area contributed by atoms with Gasteiger partial charge in [0.05, 0.1) is 12.2 Å². The summed E-state index contributed by atoms with van der Waals surface area (Å²) in [5.41, 5.74) is 8.76. The molecule has 0 spiro atoms.